The van der Waals surface area contributed by atoms with Gasteiger partial charge in [-0.05, 0) is 226 Å². The first-order valence-electron chi connectivity index (χ1n) is 28.8. The number of rotatable bonds is 24. The van der Waals surface area contributed by atoms with Crippen LogP contribution in [0.25, 0.3) is 90.9 Å². The smallest absolute Gasteiger partial charge is 0.657 e. The average Bonchev–Trinajstić information content (AvgIpc) is 4.52. The molecule has 4 aromatic carbocycles. The Morgan fingerprint density at radius 3 is 0.718 bits per heavy atom. The van der Waals surface area contributed by atoms with Crippen LogP contribution in [0.2, 0.25) is 0 Å². The molecule has 2 aliphatic rings. The van der Waals surface area contributed by atoms with Crippen LogP contribution in [0.5, 0.6) is 0 Å². The second-order valence-electron chi connectivity index (χ2n) is 22.3. The number of nitrogens with zero attached hydrogens (tertiary/aromatic N) is 8. The predicted molar refractivity (Wildman–Crippen MR) is 341 cm³/mol. The molecule has 9 rings (SSSR count). The molecule has 85 heavy (non-hydrogen) atoms. The van der Waals surface area contributed by atoms with Crippen molar-refractivity contribution in [3.63, 3.8) is 0 Å². The summed E-state index contributed by atoms with van der Waals surface area (Å²) in [6.45, 7) is 5.66. The Morgan fingerprint density at radius 1 is 0.329 bits per heavy atom. The van der Waals surface area contributed by atoms with E-state index in [4.69, 9.17) is 19.9 Å². The van der Waals surface area contributed by atoms with Gasteiger partial charge in [0.05, 0.1) is 22.8 Å². The van der Waals surface area contributed by atoms with Crippen LogP contribution in [0.3, 0.4) is 0 Å². The summed E-state index contributed by atoms with van der Waals surface area (Å²) in [4.78, 5) is 83.8. The molecule has 4 amide bonds. The third-order valence-corrected chi connectivity index (χ3v) is 14.6. The molecule has 17 heteroatoms. The number of benzene rings is 4. The molecule has 4 N–H and O–H groups in total. The van der Waals surface area contributed by atoms with Gasteiger partial charge in [0.1, 0.15) is 0 Å². The van der Waals surface area contributed by atoms with Gasteiger partial charge in [0.15, 0.2) is 0 Å². The molecule has 0 saturated carbocycles. The summed E-state index contributed by atoms with van der Waals surface area (Å²) in [7, 11) is 16.1. The maximum atomic E-state index is 13.4. The molecule has 0 spiro atoms. The summed E-state index contributed by atoms with van der Waals surface area (Å²) in [5.41, 5.74) is 13.5. The van der Waals surface area contributed by atoms with Crippen molar-refractivity contribution in [2.24, 2.45) is 0 Å². The zero-order valence-electron chi connectivity index (χ0n) is 50.3. The standard InChI is InChI=1S/C68H78N12O4.Zn/c1-77(2)41-9-37-69-65(81)49-21-13-45(14-22-49)61-53-29-31-55(73-53)62(46-15-23-50(24-16-46)66(82)70-38-10-42-78(3)4)57-33-35-59(75-57)64(48-19-27-52(28-20-48)68(84)72-40-12-44-80(7)8)60-36-34-58(76-60)63(56-32-30-54(61)74-56)47-17-25-51(26-18-47)67(83)71-39-11-43-79(5)6;/h13-36H,9-12,37-44H2,1-8H3,(H6,69,70,71,72,73,74,75,76,81,82,83,84);/q;+2/p-2. The largest absolute Gasteiger partial charge is 2.00 e. The van der Waals surface area contributed by atoms with E-state index in [0.717, 1.165) is 96.4 Å². The minimum absolute atomic E-state index is 0. The Hall–Kier alpha value is -8.18. The summed E-state index contributed by atoms with van der Waals surface area (Å²) in [5, 5.41) is 12.2. The Balaban J connectivity index is 0.00000940. The van der Waals surface area contributed by atoms with E-state index in [1.807, 2.05) is 202 Å². The zero-order valence-corrected chi connectivity index (χ0v) is 53.2. The zero-order chi connectivity index (χ0) is 59.3. The van der Waals surface area contributed by atoms with Crippen LogP contribution in [0.15, 0.2) is 121 Å². The monoisotopic (exact) mass is 1190 g/mol. The van der Waals surface area contributed by atoms with E-state index in [1.54, 1.807) is 0 Å². The van der Waals surface area contributed by atoms with Crippen molar-refractivity contribution in [2.45, 2.75) is 25.7 Å². The van der Waals surface area contributed by atoms with Crippen molar-refractivity contribution in [3.05, 3.63) is 166 Å². The molecule has 7 aromatic rings. The molecule has 16 nitrogen and oxygen atoms in total. The van der Waals surface area contributed by atoms with E-state index < -0.39 is 0 Å². The van der Waals surface area contributed by atoms with Crippen LogP contribution in [-0.4, -0.2) is 162 Å². The summed E-state index contributed by atoms with van der Waals surface area (Å²) in [6.07, 6.45) is 11.2. The minimum Gasteiger partial charge on any atom is -0.657 e. The predicted octanol–water partition coefficient (Wildman–Crippen LogP) is 9.31. The van der Waals surface area contributed by atoms with Gasteiger partial charge in [-0.2, -0.15) is 0 Å². The number of carbonyl (C=O) groups is 4. The Labute approximate surface area is 512 Å². The Morgan fingerprint density at radius 2 is 0.529 bits per heavy atom. The molecule has 0 atom stereocenters. The quantitative estimate of drug-likeness (QED) is 0.0333. The van der Waals surface area contributed by atoms with E-state index in [9.17, 15) is 19.2 Å². The first-order valence-corrected chi connectivity index (χ1v) is 28.8. The van der Waals surface area contributed by atoms with E-state index in [1.165, 1.54) is 0 Å². The number of hydrogen-bond donors (Lipinski definition) is 4. The maximum absolute atomic E-state index is 13.4. The second-order valence-corrected chi connectivity index (χ2v) is 22.3. The van der Waals surface area contributed by atoms with Crippen molar-refractivity contribution in [2.75, 3.05) is 109 Å². The topological polar surface area (TPSA) is 183 Å². The van der Waals surface area contributed by atoms with E-state index in [-0.39, 0.29) is 43.1 Å². The van der Waals surface area contributed by atoms with E-state index in [2.05, 4.69) is 40.9 Å². The van der Waals surface area contributed by atoms with Crippen molar-refractivity contribution >= 4 is 70.0 Å². The van der Waals surface area contributed by atoms with Crippen molar-refractivity contribution in [3.8, 4) is 44.5 Å². The van der Waals surface area contributed by atoms with Gasteiger partial charge in [-0.1, -0.05) is 72.8 Å². The second kappa shape index (κ2) is 29.6. The fraction of sp³-hybridized carbons (Fsp3) is 0.294. The van der Waals surface area contributed by atoms with Crippen molar-refractivity contribution < 1.29 is 38.7 Å². The summed E-state index contributed by atoms with van der Waals surface area (Å²) >= 11 is 0. The first-order chi connectivity index (χ1) is 40.6. The molecular weight excluding hydrogens is 1110 g/mol. The molecule has 5 heterocycles. The maximum Gasteiger partial charge on any atom is 2.00 e. The SMILES string of the molecule is CN(C)CCCNC(=O)c1ccc(-c2c3nc(c(-c4ccc(C(=O)NCCCN(C)C)cc4)c4ccc([n-]4)c(-c4ccc(C(=O)NCCCN(C)C)cc4)c4nc(c(-c5ccc(C(=O)NCCCN(C)C)cc5)c5ccc2[n-]5)C=C4)C=C3)cc1.[Zn+2]. The third kappa shape index (κ3) is 16.2. The van der Waals surface area contributed by atoms with E-state index >= 15 is 0 Å². The minimum atomic E-state index is -0.153. The van der Waals surface area contributed by atoms with Crippen LogP contribution < -0.4 is 31.2 Å². The fourth-order valence-electron chi connectivity index (χ4n) is 10.2. The average molecular weight is 1190 g/mol. The fourth-order valence-corrected chi connectivity index (χ4v) is 10.2. The van der Waals surface area contributed by atoms with Gasteiger partial charge in [0.2, 0.25) is 0 Å². The molecule has 0 radical (unpaired) electrons. The number of hydrogen-bond acceptors (Lipinski definition) is 10. The van der Waals surface area contributed by atoms with Gasteiger partial charge in [0.25, 0.3) is 23.6 Å². The third-order valence-electron chi connectivity index (χ3n) is 14.6. The number of nitrogens with one attached hydrogen (secondary N) is 4. The molecule has 0 fully saturated rings. The van der Waals surface area contributed by atoms with Gasteiger partial charge in [-0.15, -0.1) is 22.1 Å². The molecule has 0 aliphatic carbocycles. The van der Waals surface area contributed by atoms with Crippen LogP contribution in [0.1, 0.15) is 89.9 Å². The van der Waals surface area contributed by atoms with Crippen LogP contribution in [-0.2, 0) is 19.5 Å². The Bertz CT molecular complexity index is 3240. The van der Waals surface area contributed by atoms with Gasteiger partial charge < -0.3 is 50.8 Å². The summed E-state index contributed by atoms with van der Waals surface area (Å²) in [5.74, 6) is -0.613. The van der Waals surface area contributed by atoms with Gasteiger partial charge >= 0.3 is 19.5 Å². The summed E-state index contributed by atoms with van der Waals surface area (Å²) < 4.78 is 0. The van der Waals surface area contributed by atoms with Crippen molar-refractivity contribution in [1.29, 1.82) is 0 Å². The Kier molecular flexibility index (Phi) is 21.9. The van der Waals surface area contributed by atoms with Gasteiger partial charge in [0, 0.05) is 48.4 Å². The molecule has 8 bridgehead atoms. The van der Waals surface area contributed by atoms with Gasteiger partial charge in [-0.3, -0.25) is 19.2 Å². The number of carbonyl (C=O) groups excluding carboxylic acids is 4. The van der Waals surface area contributed by atoms with E-state index in [0.29, 0.717) is 93.3 Å². The normalized spacial score (nSPS) is 11.8. The molecule has 0 unspecified atom stereocenters. The summed E-state index contributed by atoms with van der Waals surface area (Å²) in [6, 6.07) is 38.1. The first kappa shape index (κ1) is 62.9. The van der Waals surface area contributed by atoms with Crippen LogP contribution in [0, 0.1) is 0 Å². The van der Waals surface area contributed by atoms with Gasteiger partial charge in [-0.25, -0.2) is 9.97 Å². The van der Waals surface area contributed by atoms with Crippen molar-refractivity contribution in [1.82, 2.24) is 60.8 Å². The molecule has 3 aromatic heterocycles. The van der Waals surface area contributed by atoms with Crippen LogP contribution >= 0.6 is 0 Å². The number of amides is 4. The molecule has 2 aliphatic heterocycles. The molecule has 434 valence electrons. The van der Waals surface area contributed by atoms with Crippen LogP contribution in [0.4, 0.5) is 0 Å². The number of fused-ring (bicyclic) bond motifs is 8. The molecular formula is C68H76N12O4Zn. The molecule has 0 saturated heterocycles. The number of aromatic nitrogens is 4.